The van der Waals surface area contributed by atoms with Crippen LogP contribution in [0.1, 0.15) is 71.8 Å². The number of ether oxygens (including phenoxy) is 1. The van der Waals surface area contributed by atoms with Crippen molar-refractivity contribution < 1.29 is 24.2 Å². The number of fused-ring (bicyclic) bond motifs is 1. The summed E-state index contributed by atoms with van der Waals surface area (Å²) in [5, 5.41) is 10.6. The van der Waals surface area contributed by atoms with E-state index in [1.54, 1.807) is 26.9 Å². The molecule has 0 aliphatic carbocycles. The summed E-state index contributed by atoms with van der Waals surface area (Å²) < 4.78 is 6.89. The fourth-order valence-corrected chi connectivity index (χ4v) is 7.75. The van der Waals surface area contributed by atoms with E-state index in [1.165, 1.54) is 0 Å². The van der Waals surface area contributed by atoms with E-state index in [4.69, 9.17) is 4.74 Å². The molecule has 0 aromatic heterocycles. The van der Waals surface area contributed by atoms with Crippen molar-refractivity contribution in [2.75, 3.05) is 26.2 Å². The quantitative estimate of drug-likeness (QED) is 0.224. The molecule has 1 spiro atoms. The highest BCUT2D eigenvalue weighted by atomic mass is 16.5. The van der Waals surface area contributed by atoms with Gasteiger partial charge in [0.2, 0.25) is 17.7 Å². The molecular weight excluding hydrogens is 542 g/mol. The molecule has 0 radical (unpaired) electrons. The highest BCUT2D eigenvalue weighted by Gasteiger charge is 2.79. The first kappa shape index (κ1) is 32.9. The molecule has 4 rings (SSSR count). The molecule has 3 amide bonds. The maximum absolute atomic E-state index is 14.7. The number of rotatable bonds is 16. The number of carbonyl (C=O) groups excluding carboxylic acids is 3. The minimum absolute atomic E-state index is 0.0512. The van der Waals surface area contributed by atoms with Crippen LogP contribution in [-0.2, 0) is 25.7 Å². The number of likely N-dealkylation sites (tertiary alicyclic amines) is 1. The number of nitrogens with zero attached hydrogens (tertiary/aromatic N) is 3. The molecule has 7 atom stereocenters. The minimum atomic E-state index is -1.14. The first-order valence-corrected chi connectivity index (χ1v) is 16.1. The van der Waals surface area contributed by atoms with Crippen molar-refractivity contribution in [1.82, 2.24) is 14.7 Å². The van der Waals surface area contributed by atoms with Crippen LogP contribution in [0.3, 0.4) is 0 Å². The summed E-state index contributed by atoms with van der Waals surface area (Å²) in [7, 11) is 0. The number of unbranched alkanes of at least 4 members (excludes halogenated alkanes) is 2. The third-order valence-electron chi connectivity index (χ3n) is 10.1. The summed E-state index contributed by atoms with van der Waals surface area (Å²) in [6, 6.07) is 8.30. The number of hydrogen-bond donors (Lipinski definition) is 1. The number of aliphatic hydroxyl groups excluding tert-OH is 1. The molecule has 0 saturated carbocycles. The average molecular weight is 594 g/mol. The van der Waals surface area contributed by atoms with Gasteiger partial charge in [-0.3, -0.25) is 14.4 Å². The lowest BCUT2D eigenvalue weighted by molar-refractivity contribution is -0.157. The smallest absolute Gasteiger partial charge is 0.248 e. The summed E-state index contributed by atoms with van der Waals surface area (Å²) >= 11 is 0. The van der Waals surface area contributed by atoms with E-state index in [0.29, 0.717) is 39.0 Å². The van der Waals surface area contributed by atoms with E-state index in [2.05, 4.69) is 20.1 Å². The van der Waals surface area contributed by atoms with Crippen LogP contribution in [0.4, 0.5) is 0 Å². The van der Waals surface area contributed by atoms with Gasteiger partial charge >= 0.3 is 0 Å². The fraction of sp³-hybridized carbons (Fsp3) is 0.629. The van der Waals surface area contributed by atoms with E-state index in [9.17, 15) is 19.5 Å². The van der Waals surface area contributed by atoms with E-state index < -0.39 is 35.1 Å². The predicted octanol–water partition coefficient (Wildman–Crippen LogP) is 4.58. The Labute approximate surface area is 257 Å². The first-order chi connectivity index (χ1) is 20.6. The molecule has 3 aliphatic heterocycles. The van der Waals surface area contributed by atoms with Gasteiger partial charge in [-0.25, -0.2) is 0 Å². The van der Waals surface area contributed by atoms with E-state index >= 15 is 0 Å². The molecule has 8 nitrogen and oxygen atoms in total. The van der Waals surface area contributed by atoms with Crippen molar-refractivity contribution in [1.29, 1.82) is 0 Å². The Morgan fingerprint density at radius 1 is 1.09 bits per heavy atom. The standard InChI is InChI=1S/C35H51N3O5/c1-7-11-15-22-36(20-8-2)33(42)30-35-19-18-34(6,43-35)28(29(35)32(41)38(30)27(24-39)25(5)10-4)31(40)37(21-9-3)23-26-16-13-12-14-17-26/h8-9,12-14,16-17,25,27-30,39H,2-3,7,10-11,15,18-24H2,1,4-6H3/t25-,27-,28-,29-,30?,34+,35?/m0/s1. The third-order valence-corrected chi connectivity index (χ3v) is 10.1. The zero-order valence-electron chi connectivity index (χ0n) is 26.5. The largest absolute Gasteiger partial charge is 0.394 e. The predicted molar refractivity (Wildman–Crippen MR) is 168 cm³/mol. The van der Waals surface area contributed by atoms with Crippen LogP contribution in [0.5, 0.6) is 0 Å². The summed E-state index contributed by atoms with van der Waals surface area (Å²) in [6.07, 6.45) is 8.08. The van der Waals surface area contributed by atoms with Gasteiger partial charge in [0, 0.05) is 26.2 Å². The Bertz CT molecular complexity index is 1170. The van der Waals surface area contributed by atoms with Gasteiger partial charge < -0.3 is 24.5 Å². The van der Waals surface area contributed by atoms with E-state index in [0.717, 1.165) is 31.2 Å². The van der Waals surface area contributed by atoms with E-state index in [1.807, 2.05) is 51.1 Å². The summed E-state index contributed by atoms with van der Waals surface area (Å²) in [5.41, 5.74) is -1.03. The van der Waals surface area contributed by atoms with Gasteiger partial charge in [0.05, 0.1) is 30.1 Å². The topological polar surface area (TPSA) is 90.4 Å². The van der Waals surface area contributed by atoms with E-state index in [-0.39, 0.29) is 30.2 Å². The lowest BCUT2D eigenvalue weighted by Crippen LogP contribution is -2.60. The number of carbonyl (C=O) groups is 3. The molecule has 1 N–H and O–H groups in total. The van der Waals surface area contributed by atoms with Crippen LogP contribution >= 0.6 is 0 Å². The van der Waals surface area contributed by atoms with Crippen LogP contribution in [0, 0.1) is 17.8 Å². The Balaban J connectivity index is 1.79. The summed E-state index contributed by atoms with van der Waals surface area (Å²) in [4.78, 5) is 49.0. The molecular formula is C35H51N3O5. The maximum Gasteiger partial charge on any atom is 0.248 e. The molecule has 1 aromatic rings. The first-order valence-electron chi connectivity index (χ1n) is 16.1. The van der Waals surface area contributed by atoms with Crippen LogP contribution in [0.25, 0.3) is 0 Å². The van der Waals surface area contributed by atoms with Crippen LogP contribution in [0.2, 0.25) is 0 Å². The zero-order valence-corrected chi connectivity index (χ0v) is 26.5. The number of benzene rings is 1. The Kier molecular flexibility index (Phi) is 10.5. The van der Waals surface area contributed by atoms with Gasteiger partial charge in [-0.15, -0.1) is 13.2 Å². The molecule has 2 bridgehead atoms. The highest BCUT2D eigenvalue weighted by molar-refractivity contribution is 5.99. The summed E-state index contributed by atoms with van der Waals surface area (Å²) in [6.45, 7) is 17.2. The molecule has 2 unspecified atom stereocenters. The van der Waals surface area contributed by atoms with Gasteiger partial charge in [-0.1, -0.05) is 82.5 Å². The fourth-order valence-electron chi connectivity index (χ4n) is 7.75. The second-order valence-corrected chi connectivity index (χ2v) is 12.9. The van der Waals surface area contributed by atoms with Crippen molar-refractivity contribution in [2.24, 2.45) is 17.8 Å². The van der Waals surface area contributed by atoms with Crippen molar-refractivity contribution in [3.8, 4) is 0 Å². The molecule has 8 heteroatoms. The van der Waals surface area contributed by atoms with Gasteiger partial charge in [0.15, 0.2) is 0 Å². The van der Waals surface area contributed by atoms with Gasteiger partial charge in [-0.2, -0.15) is 0 Å². The molecule has 1 aromatic carbocycles. The average Bonchev–Trinajstić information content (AvgIpc) is 3.57. The van der Waals surface area contributed by atoms with Crippen molar-refractivity contribution in [3.63, 3.8) is 0 Å². The molecule has 3 heterocycles. The Hall–Kier alpha value is -2.97. The molecule has 3 saturated heterocycles. The van der Waals surface area contributed by atoms with Crippen molar-refractivity contribution in [2.45, 2.75) is 96.1 Å². The van der Waals surface area contributed by atoms with Gasteiger partial charge in [0.25, 0.3) is 0 Å². The van der Waals surface area contributed by atoms with Crippen LogP contribution in [-0.4, -0.2) is 87.1 Å². The molecule has 3 aliphatic rings. The monoisotopic (exact) mass is 593 g/mol. The van der Waals surface area contributed by atoms with Crippen molar-refractivity contribution >= 4 is 17.7 Å². The highest BCUT2D eigenvalue weighted by Crippen LogP contribution is 2.64. The van der Waals surface area contributed by atoms with Crippen LogP contribution < -0.4 is 0 Å². The van der Waals surface area contributed by atoms with Gasteiger partial charge in [0.1, 0.15) is 11.6 Å². The van der Waals surface area contributed by atoms with Gasteiger partial charge in [-0.05, 0) is 37.7 Å². The minimum Gasteiger partial charge on any atom is -0.394 e. The maximum atomic E-state index is 14.7. The Morgan fingerprint density at radius 2 is 1.77 bits per heavy atom. The normalized spacial score (nSPS) is 28.8. The molecule has 3 fully saturated rings. The van der Waals surface area contributed by atoms with Crippen LogP contribution in [0.15, 0.2) is 55.6 Å². The zero-order chi connectivity index (χ0) is 31.4. The third kappa shape index (κ3) is 5.93. The molecule has 43 heavy (non-hydrogen) atoms. The second-order valence-electron chi connectivity index (χ2n) is 12.9. The van der Waals surface area contributed by atoms with Crippen molar-refractivity contribution in [3.05, 3.63) is 61.2 Å². The number of amides is 3. The summed E-state index contributed by atoms with van der Waals surface area (Å²) in [5.74, 6) is -2.21. The lowest BCUT2D eigenvalue weighted by Gasteiger charge is -2.41. The number of aliphatic hydroxyl groups is 1. The Morgan fingerprint density at radius 3 is 2.37 bits per heavy atom. The SMILES string of the molecule is C=CCN(CCCCC)C(=O)C1N([C@@H](CO)[C@@H](C)CC)C(=O)[C@@H]2[C@@H](C(=O)N(CC=C)Cc3ccccc3)[C@@]3(C)CCC12O3. The lowest BCUT2D eigenvalue weighted by atomic mass is 9.66. The second kappa shape index (κ2) is 13.8. The number of hydrogen-bond acceptors (Lipinski definition) is 5. The molecule has 236 valence electrons.